The third-order valence-corrected chi connectivity index (χ3v) is 3.96. The van der Waals surface area contributed by atoms with Crippen LogP contribution in [-0.4, -0.2) is 29.5 Å². The Hall–Kier alpha value is -1.73. The summed E-state index contributed by atoms with van der Waals surface area (Å²) in [6.45, 7) is 3.66. The predicted molar refractivity (Wildman–Crippen MR) is 91.0 cm³/mol. The summed E-state index contributed by atoms with van der Waals surface area (Å²) < 4.78 is 15.4. The molecule has 0 aliphatic rings. The number of halogens is 1. The van der Waals surface area contributed by atoms with Crippen LogP contribution >= 0.6 is 23.4 Å². The van der Waals surface area contributed by atoms with E-state index in [9.17, 15) is 14.4 Å². The number of hydrogen-bond donors (Lipinski definition) is 0. The van der Waals surface area contributed by atoms with Crippen LogP contribution in [0.3, 0.4) is 0 Å². The number of ether oxygens (including phenoxy) is 3. The summed E-state index contributed by atoms with van der Waals surface area (Å²) in [6.07, 6.45) is 1.74. The van der Waals surface area contributed by atoms with Crippen molar-refractivity contribution in [3.63, 3.8) is 0 Å². The van der Waals surface area contributed by atoms with Crippen molar-refractivity contribution in [2.75, 3.05) is 11.6 Å². The van der Waals surface area contributed by atoms with Crippen molar-refractivity contribution in [2.45, 2.75) is 38.5 Å². The monoisotopic (exact) mass is 374 g/mol. The van der Waals surface area contributed by atoms with E-state index in [0.717, 1.165) is 18.6 Å². The van der Waals surface area contributed by atoms with Gasteiger partial charge in [0.25, 0.3) is 0 Å². The lowest BCUT2D eigenvalue weighted by Gasteiger charge is -2.16. The average Bonchev–Trinajstić information content (AvgIpc) is 2.47. The molecule has 132 valence electrons. The summed E-state index contributed by atoms with van der Waals surface area (Å²) in [5, 5.41) is 0. The van der Waals surface area contributed by atoms with Crippen LogP contribution in [0, 0.1) is 0 Å². The molecule has 0 fully saturated rings. The van der Waals surface area contributed by atoms with E-state index >= 15 is 0 Å². The molecule has 24 heavy (non-hydrogen) atoms. The number of rotatable bonds is 8. The fourth-order valence-electron chi connectivity index (χ4n) is 1.73. The first-order valence-corrected chi connectivity index (χ1v) is 8.78. The predicted octanol–water partition coefficient (Wildman–Crippen LogP) is 3.57. The Morgan fingerprint density at radius 3 is 2.04 bits per heavy atom. The molecule has 0 saturated heterocycles. The van der Waals surface area contributed by atoms with Crippen molar-refractivity contribution in [2.24, 2.45) is 0 Å². The van der Waals surface area contributed by atoms with Crippen LogP contribution in [0.15, 0.2) is 17.0 Å². The van der Waals surface area contributed by atoms with Gasteiger partial charge in [-0.05, 0) is 30.7 Å². The minimum absolute atomic E-state index is 0.0130. The molecule has 0 saturated carbocycles. The maximum atomic E-state index is 11.4. The fourth-order valence-corrected chi connectivity index (χ4v) is 2.92. The molecule has 0 heterocycles. The van der Waals surface area contributed by atoms with Crippen molar-refractivity contribution in [1.29, 1.82) is 0 Å². The molecule has 1 aromatic rings. The second-order valence-electron chi connectivity index (χ2n) is 4.75. The van der Waals surface area contributed by atoms with Gasteiger partial charge in [0, 0.05) is 26.7 Å². The lowest BCUT2D eigenvalue weighted by atomic mass is 10.3. The molecule has 6 nitrogen and oxygen atoms in total. The molecule has 0 N–H and O–H groups in total. The Balaban J connectivity index is 3.23. The first-order chi connectivity index (χ1) is 11.3. The third kappa shape index (κ3) is 6.80. The lowest BCUT2D eigenvalue weighted by Crippen LogP contribution is -2.11. The van der Waals surface area contributed by atoms with Crippen LogP contribution in [0.1, 0.15) is 33.6 Å². The number of carbonyl (C=O) groups excluding carboxylic acids is 3. The zero-order valence-corrected chi connectivity index (χ0v) is 15.3. The minimum atomic E-state index is -0.624. The van der Waals surface area contributed by atoms with Gasteiger partial charge in [-0.3, -0.25) is 14.4 Å². The van der Waals surface area contributed by atoms with Crippen molar-refractivity contribution < 1.29 is 28.6 Å². The molecule has 0 unspecified atom stereocenters. The van der Waals surface area contributed by atoms with Crippen molar-refractivity contribution in [1.82, 2.24) is 0 Å². The topological polar surface area (TPSA) is 78.9 Å². The van der Waals surface area contributed by atoms with Crippen LogP contribution in [0.2, 0.25) is 0 Å². The van der Waals surface area contributed by atoms with Crippen molar-refractivity contribution >= 4 is 41.3 Å². The summed E-state index contributed by atoms with van der Waals surface area (Å²) in [7, 11) is 0. The van der Waals surface area contributed by atoms with E-state index in [2.05, 4.69) is 0 Å². The van der Waals surface area contributed by atoms with Crippen LogP contribution in [0.25, 0.3) is 0 Å². The first kappa shape index (κ1) is 20.3. The molecular formula is C16H19ClO6S. The third-order valence-electron chi connectivity index (χ3n) is 2.57. The molecule has 0 aliphatic carbocycles. The zero-order chi connectivity index (χ0) is 18.1. The van der Waals surface area contributed by atoms with Gasteiger partial charge < -0.3 is 14.2 Å². The normalized spacial score (nSPS) is 10.2. The number of hydrogen-bond acceptors (Lipinski definition) is 7. The van der Waals surface area contributed by atoms with Gasteiger partial charge in [-0.25, -0.2) is 0 Å². The van der Waals surface area contributed by atoms with E-state index < -0.39 is 17.9 Å². The first-order valence-electron chi connectivity index (χ1n) is 7.26. The number of thioether (sulfide) groups is 1. The Morgan fingerprint density at radius 1 is 0.917 bits per heavy atom. The maximum Gasteiger partial charge on any atom is 0.308 e. The SMILES string of the molecule is CC(=O)Oc1ccc(SCCCCCl)c(OC(C)=O)c1OC(C)=O. The Kier molecular flexibility index (Phi) is 8.63. The standard InChI is InChI=1S/C16H19ClO6S/c1-10(18)21-13-6-7-14(24-9-5-4-8-17)16(23-12(3)20)15(13)22-11(2)19/h6-7H,4-5,8-9H2,1-3H3. The molecule has 0 amide bonds. The summed E-state index contributed by atoms with van der Waals surface area (Å²) in [4.78, 5) is 34.6. The van der Waals surface area contributed by atoms with E-state index in [4.69, 9.17) is 25.8 Å². The van der Waals surface area contributed by atoms with Crippen LogP contribution in [0.5, 0.6) is 17.2 Å². The number of esters is 3. The number of benzene rings is 1. The molecule has 0 radical (unpaired) electrons. The zero-order valence-electron chi connectivity index (χ0n) is 13.7. The molecule has 0 bridgehead atoms. The number of unbranched alkanes of at least 4 members (excludes halogenated alkanes) is 1. The van der Waals surface area contributed by atoms with Gasteiger partial charge in [0.1, 0.15) is 0 Å². The highest BCUT2D eigenvalue weighted by Crippen LogP contribution is 2.45. The van der Waals surface area contributed by atoms with E-state index in [0.29, 0.717) is 10.8 Å². The highest BCUT2D eigenvalue weighted by Gasteiger charge is 2.22. The maximum absolute atomic E-state index is 11.4. The molecule has 0 aromatic heterocycles. The highest BCUT2D eigenvalue weighted by molar-refractivity contribution is 7.99. The van der Waals surface area contributed by atoms with E-state index in [-0.39, 0.29) is 17.2 Å². The highest BCUT2D eigenvalue weighted by atomic mass is 35.5. The Morgan fingerprint density at radius 2 is 1.50 bits per heavy atom. The molecule has 1 rings (SSSR count). The van der Waals surface area contributed by atoms with Crippen molar-refractivity contribution in [3.8, 4) is 17.2 Å². The molecule has 8 heteroatoms. The second-order valence-corrected chi connectivity index (χ2v) is 6.26. The molecular weight excluding hydrogens is 356 g/mol. The van der Waals surface area contributed by atoms with Crippen LogP contribution in [0.4, 0.5) is 0 Å². The van der Waals surface area contributed by atoms with E-state index in [1.807, 2.05) is 0 Å². The summed E-state index contributed by atoms with van der Waals surface area (Å²) in [6, 6.07) is 3.14. The van der Waals surface area contributed by atoms with Crippen LogP contribution < -0.4 is 14.2 Å². The van der Waals surface area contributed by atoms with E-state index in [1.165, 1.54) is 38.6 Å². The van der Waals surface area contributed by atoms with Gasteiger partial charge in [0.2, 0.25) is 5.75 Å². The smallest absolute Gasteiger partial charge is 0.308 e. The molecule has 0 atom stereocenters. The quantitative estimate of drug-likeness (QED) is 0.226. The molecule has 0 spiro atoms. The summed E-state index contributed by atoms with van der Waals surface area (Å²) >= 11 is 7.08. The van der Waals surface area contributed by atoms with Gasteiger partial charge in [0.15, 0.2) is 11.5 Å². The Bertz CT molecular complexity index is 617. The minimum Gasteiger partial charge on any atom is -0.423 e. The number of alkyl halides is 1. The second kappa shape index (κ2) is 10.2. The van der Waals surface area contributed by atoms with Gasteiger partial charge in [-0.2, -0.15) is 0 Å². The number of carbonyl (C=O) groups is 3. The van der Waals surface area contributed by atoms with Gasteiger partial charge in [-0.1, -0.05) is 0 Å². The van der Waals surface area contributed by atoms with Gasteiger partial charge in [-0.15, -0.1) is 23.4 Å². The summed E-state index contributed by atoms with van der Waals surface area (Å²) in [5.74, 6) is -0.483. The van der Waals surface area contributed by atoms with Crippen LogP contribution in [-0.2, 0) is 14.4 Å². The van der Waals surface area contributed by atoms with Gasteiger partial charge in [0.05, 0.1) is 4.90 Å². The van der Waals surface area contributed by atoms with Gasteiger partial charge >= 0.3 is 17.9 Å². The summed E-state index contributed by atoms with van der Waals surface area (Å²) in [5.41, 5.74) is 0. The molecule has 0 aliphatic heterocycles. The lowest BCUT2D eigenvalue weighted by molar-refractivity contribution is -0.135. The van der Waals surface area contributed by atoms with E-state index in [1.54, 1.807) is 6.07 Å². The van der Waals surface area contributed by atoms with Crippen molar-refractivity contribution in [3.05, 3.63) is 12.1 Å². The average molecular weight is 375 g/mol. The molecule has 1 aromatic carbocycles. The fraction of sp³-hybridized carbons (Fsp3) is 0.438. The largest absolute Gasteiger partial charge is 0.423 e. The Labute approximate surface area is 149 Å².